The number of fused-ring (bicyclic) bond motifs is 1. The van der Waals surface area contributed by atoms with Crippen molar-refractivity contribution in [1.29, 1.82) is 0 Å². The first kappa shape index (κ1) is 16.8. The van der Waals surface area contributed by atoms with E-state index in [2.05, 4.69) is 37.7 Å². The largest absolute Gasteiger partial charge is 0.467 e. The molecule has 0 fully saturated rings. The molecule has 0 aliphatic carbocycles. The van der Waals surface area contributed by atoms with E-state index in [0.29, 0.717) is 12.2 Å². The van der Waals surface area contributed by atoms with Gasteiger partial charge in [-0.3, -0.25) is 4.79 Å². The Morgan fingerprint density at radius 1 is 1.30 bits per heavy atom. The number of nitrogens with one attached hydrogen (secondary N) is 1. The molecule has 0 aliphatic rings. The number of H-pyrrole nitrogens is 1. The summed E-state index contributed by atoms with van der Waals surface area (Å²) in [5.74, 6) is 0.106. The zero-order chi connectivity index (χ0) is 18.8. The van der Waals surface area contributed by atoms with Crippen LogP contribution in [0, 0.1) is 0 Å². The lowest BCUT2D eigenvalue weighted by molar-refractivity contribution is -0.128. The zero-order valence-corrected chi connectivity index (χ0v) is 14.8. The summed E-state index contributed by atoms with van der Waals surface area (Å²) < 4.78 is 7.26. The van der Waals surface area contributed by atoms with E-state index >= 15 is 0 Å². The fraction of sp³-hybridized carbons (Fsp3) is 0.150. The molecule has 1 aromatic carbocycles. The molecule has 136 valence electrons. The average Bonchev–Trinajstić information content (AvgIpc) is 3.29. The van der Waals surface area contributed by atoms with E-state index in [4.69, 9.17) is 10.5 Å². The Labute approximate surface area is 155 Å². The maximum absolute atomic E-state index is 10.8. The van der Waals surface area contributed by atoms with E-state index in [-0.39, 0.29) is 18.5 Å². The predicted molar refractivity (Wildman–Crippen MR) is 103 cm³/mol. The molecule has 0 bridgehead atoms. The third-order valence-electron chi connectivity index (χ3n) is 4.73. The number of nitrogen functional groups attached to an aromatic ring is 1. The molecule has 3 heterocycles. The molecule has 0 saturated carbocycles. The van der Waals surface area contributed by atoms with E-state index in [1.807, 2.05) is 31.4 Å². The van der Waals surface area contributed by atoms with Gasteiger partial charge in [0.25, 0.3) is 6.47 Å². The fourth-order valence-corrected chi connectivity index (χ4v) is 3.42. The van der Waals surface area contributed by atoms with Crippen molar-refractivity contribution in [1.82, 2.24) is 19.5 Å². The summed E-state index contributed by atoms with van der Waals surface area (Å²) >= 11 is 0. The standard InChI is InChI=1S/C20H19N5O2/c1-25-18-5-3-2-4-13(18)9-19(25)15(11-27-12-26)14-8-17(23-10-14)16-6-7-22-20(21)24-16/h2-10,12,15,23H,11H2,1H3,(H2,21,22,24). The van der Waals surface area contributed by atoms with Gasteiger partial charge in [-0.25, -0.2) is 9.97 Å². The van der Waals surface area contributed by atoms with Gasteiger partial charge in [-0.15, -0.1) is 0 Å². The zero-order valence-electron chi connectivity index (χ0n) is 14.8. The highest BCUT2D eigenvalue weighted by molar-refractivity contribution is 5.81. The van der Waals surface area contributed by atoms with Crippen LogP contribution >= 0.6 is 0 Å². The van der Waals surface area contributed by atoms with E-state index < -0.39 is 0 Å². The summed E-state index contributed by atoms with van der Waals surface area (Å²) in [6.45, 7) is 0.727. The predicted octanol–water partition coefficient (Wildman–Crippen LogP) is 2.85. The first-order valence-electron chi connectivity index (χ1n) is 8.54. The molecule has 27 heavy (non-hydrogen) atoms. The van der Waals surface area contributed by atoms with Crippen LogP contribution in [-0.4, -0.2) is 32.6 Å². The van der Waals surface area contributed by atoms with Crippen LogP contribution in [0.3, 0.4) is 0 Å². The topological polar surface area (TPSA) is 98.8 Å². The van der Waals surface area contributed by atoms with Crippen LogP contribution in [0.4, 0.5) is 5.95 Å². The van der Waals surface area contributed by atoms with E-state index in [1.165, 1.54) is 0 Å². The fourth-order valence-electron chi connectivity index (χ4n) is 3.42. The van der Waals surface area contributed by atoms with Gasteiger partial charge < -0.3 is 20.0 Å². The van der Waals surface area contributed by atoms with Gasteiger partial charge in [0.05, 0.1) is 17.3 Å². The van der Waals surface area contributed by atoms with Crippen LogP contribution in [0.15, 0.2) is 54.9 Å². The average molecular weight is 361 g/mol. The van der Waals surface area contributed by atoms with Crippen LogP contribution in [0.1, 0.15) is 17.2 Å². The Balaban J connectivity index is 1.76. The SMILES string of the molecule is Cn1c(C(COC=O)c2c[nH]c(-c3ccnc(N)n3)c2)cc2ccccc21. The molecular weight excluding hydrogens is 342 g/mol. The molecule has 0 saturated heterocycles. The van der Waals surface area contributed by atoms with Crippen LogP contribution in [0.2, 0.25) is 0 Å². The summed E-state index contributed by atoms with van der Waals surface area (Å²) in [5.41, 5.74) is 10.4. The molecule has 0 aliphatic heterocycles. The number of anilines is 1. The van der Waals surface area contributed by atoms with Crippen LogP contribution < -0.4 is 5.73 Å². The van der Waals surface area contributed by atoms with Gasteiger partial charge in [0.15, 0.2) is 0 Å². The van der Waals surface area contributed by atoms with Gasteiger partial charge in [0.1, 0.15) is 6.61 Å². The summed E-state index contributed by atoms with van der Waals surface area (Å²) in [6.07, 6.45) is 3.53. The lowest BCUT2D eigenvalue weighted by atomic mass is 9.98. The molecule has 7 heteroatoms. The number of aromatic nitrogens is 4. The molecule has 4 rings (SSSR count). The molecule has 7 nitrogen and oxygen atoms in total. The lowest BCUT2D eigenvalue weighted by Gasteiger charge is -2.16. The van der Waals surface area contributed by atoms with Gasteiger partial charge in [-0.1, -0.05) is 18.2 Å². The van der Waals surface area contributed by atoms with Gasteiger partial charge in [-0.05, 0) is 35.2 Å². The normalized spacial score (nSPS) is 12.2. The molecule has 3 N–H and O–H groups in total. The highest BCUT2D eigenvalue weighted by atomic mass is 16.5. The number of carbonyl (C=O) groups is 1. The van der Waals surface area contributed by atoms with Crippen LogP contribution in [0.5, 0.6) is 0 Å². The Kier molecular flexibility index (Phi) is 4.33. The van der Waals surface area contributed by atoms with E-state index in [9.17, 15) is 4.79 Å². The third-order valence-corrected chi connectivity index (χ3v) is 4.73. The Morgan fingerprint density at radius 2 is 2.15 bits per heavy atom. The van der Waals surface area contributed by atoms with Crippen molar-refractivity contribution in [3.05, 3.63) is 66.1 Å². The second-order valence-corrected chi connectivity index (χ2v) is 6.32. The highest BCUT2D eigenvalue weighted by Crippen LogP contribution is 2.31. The number of hydrogen-bond acceptors (Lipinski definition) is 5. The summed E-state index contributed by atoms with van der Waals surface area (Å²) in [4.78, 5) is 22.2. The number of nitrogens with zero attached hydrogens (tertiary/aromatic N) is 3. The number of hydrogen-bond donors (Lipinski definition) is 2. The maximum atomic E-state index is 10.8. The number of ether oxygens (including phenoxy) is 1. The molecular formula is C20H19N5O2. The van der Waals surface area contributed by atoms with E-state index in [1.54, 1.807) is 12.3 Å². The van der Waals surface area contributed by atoms with Gasteiger partial charge >= 0.3 is 0 Å². The quantitative estimate of drug-likeness (QED) is 0.515. The minimum atomic E-state index is -0.114. The number of benzene rings is 1. The number of nitrogens with two attached hydrogens (primary N) is 1. The van der Waals surface area contributed by atoms with Crippen molar-refractivity contribution in [2.75, 3.05) is 12.3 Å². The minimum Gasteiger partial charge on any atom is -0.467 e. The molecule has 0 radical (unpaired) electrons. The monoisotopic (exact) mass is 361 g/mol. The van der Waals surface area contributed by atoms with Crippen molar-refractivity contribution < 1.29 is 9.53 Å². The molecule has 0 spiro atoms. The smallest absolute Gasteiger partial charge is 0.293 e. The molecule has 1 unspecified atom stereocenters. The van der Waals surface area contributed by atoms with Crippen molar-refractivity contribution in [2.24, 2.45) is 7.05 Å². The number of para-hydroxylation sites is 1. The van der Waals surface area contributed by atoms with Gasteiger partial charge in [-0.2, -0.15) is 0 Å². The first-order chi connectivity index (χ1) is 13.2. The summed E-state index contributed by atoms with van der Waals surface area (Å²) in [7, 11) is 2.02. The third kappa shape index (κ3) is 3.15. The van der Waals surface area contributed by atoms with Crippen molar-refractivity contribution in [2.45, 2.75) is 5.92 Å². The van der Waals surface area contributed by atoms with Crippen LogP contribution in [-0.2, 0) is 16.6 Å². The minimum absolute atomic E-state index is 0.114. The number of aryl methyl sites for hydroxylation is 1. The molecule has 0 amide bonds. The Hall–Kier alpha value is -3.61. The molecule has 4 aromatic rings. The summed E-state index contributed by atoms with van der Waals surface area (Å²) in [6, 6.07) is 14.1. The maximum Gasteiger partial charge on any atom is 0.293 e. The van der Waals surface area contributed by atoms with Crippen LogP contribution in [0.25, 0.3) is 22.3 Å². The van der Waals surface area contributed by atoms with Crippen molar-refractivity contribution in [3.63, 3.8) is 0 Å². The number of rotatable bonds is 6. The summed E-state index contributed by atoms with van der Waals surface area (Å²) in [5, 5.41) is 1.14. The molecule has 3 aromatic heterocycles. The lowest BCUT2D eigenvalue weighted by Crippen LogP contribution is -2.12. The van der Waals surface area contributed by atoms with Crippen molar-refractivity contribution in [3.8, 4) is 11.4 Å². The number of carbonyl (C=O) groups excluding carboxylic acids is 1. The van der Waals surface area contributed by atoms with Gasteiger partial charge in [0.2, 0.25) is 5.95 Å². The Bertz CT molecular complexity index is 1100. The second-order valence-electron chi connectivity index (χ2n) is 6.32. The van der Waals surface area contributed by atoms with Gasteiger partial charge in [0, 0.05) is 30.7 Å². The number of aromatic amines is 1. The molecule has 1 atom stereocenters. The highest BCUT2D eigenvalue weighted by Gasteiger charge is 2.21. The Morgan fingerprint density at radius 3 is 2.93 bits per heavy atom. The first-order valence-corrected chi connectivity index (χ1v) is 8.54. The second kappa shape index (κ2) is 6.95. The van der Waals surface area contributed by atoms with Crippen molar-refractivity contribution >= 4 is 23.3 Å². The van der Waals surface area contributed by atoms with E-state index in [0.717, 1.165) is 27.9 Å².